The van der Waals surface area contributed by atoms with Crippen LogP contribution in [0.15, 0.2) is 0 Å². The number of hydrogen-bond acceptors (Lipinski definition) is 5. The normalized spacial score (nSPS) is 18.0. The fourth-order valence-corrected chi connectivity index (χ4v) is 2.62. The Kier molecular flexibility index (Phi) is 8.22. The maximum atomic E-state index is 12.2. The molecular formula is C16H32N2O3. The number of carbonyl (C=O) groups excluding carboxylic acids is 1. The number of nitrogens with one attached hydrogen (secondary N) is 1. The number of esters is 1. The highest BCUT2D eigenvalue weighted by Crippen LogP contribution is 2.35. The van der Waals surface area contributed by atoms with E-state index in [1.54, 1.807) is 7.11 Å². The lowest BCUT2D eigenvalue weighted by Gasteiger charge is -2.32. The summed E-state index contributed by atoms with van der Waals surface area (Å²) in [6, 6.07) is 0.467. The van der Waals surface area contributed by atoms with Gasteiger partial charge in [0.15, 0.2) is 0 Å². The van der Waals surface area contributed by atoms with Crippen molar-refractivity contribution in [2.45, 2.75) is 58.7 Å². The third kappa shape index (κ3) is 6.76. The lowest BCUT2D eigenvalue weighted by molar-refractivity contribution is -0.146. The van der Waals surface area contributed by atoms with E-state index in [9.17, 15) is 4.79 Å². The monoisotopic (exact) mass is 300 g/mol. The van der Waals surface area contributed by atoms with Gasteiger partial charge in [0.25, 0.3) is 0 Å². The van der Waals surface area contributed by atoms with Gasteiger partial charge in [-0.15, -0.1) is 0 Å². The molecule has 0 aromatic carbocycles. The summed E-state index contributed by atoms with van der Waals surface area (Å²) in [5.41, 5.74) is 0. The number of nitrogens with zero attached hydrogens (tertiary/aromatic N) is 1. The Hall–Kier alpha value is -0.650. The molecule has 1 rings (SSSR count). The average Bonchev–Trinajstić information content (AvgIpc) is 3.25. The molecule has 124 valence electrons. The maximum absolute atomic E-state index is 12.2. The Morgan fingerprint density at radius 1 is 1.33 bits per heavy atom. The molecule has 0 aromatic rings. The molecule has 1 aliphatic rings. The van der Waals surface area contributed by atoms with Crippen molar-refractivity contribution in [1.29, 1.82) is 0 Å². The van der Waals surface area contributed by atoms with Crippen LogP contribution < -0.4 is 5.32 Å². The van der Waals surface area contributed by atoms with E-state index in [4.69, 9.17) is 9.47 Å². The van der Waals surface area contributed by atoms with Gasteiger partial charge in [0.05, 0.1) is 13.2 Å². The first-order chi connectivity index (χ1) is 9.99. The average molecular weight is 300 g/mol. The van der Waals surface area contributed by atoms with Crippen LogP contribution in [-0.4, -0.2) is 62.4 Å². The van der Waals surface area contributed by atoms with Crippen molar-refractivity contribution in [2.24, 2.45) is 5.92 Å². The van der Waals surface area contributed by atoms with Gasteiger partial charge >= 0.3 is 5.97 Å². The fourth-order valence-electron chi connectivity index (χ4n) is 2.62. The minimum Gasteiger partial charge on any atom is -0.465 e. The third-order valence-corrected chi connectivity index (χ3v) is 3.99. The zero-order valence-corrected chi connectivity index (χ0v) is 14.2. The Balaban J connectivity index is 2.65. The van der Waals surface area contributed by atoms with Gasteiger partial charge < -0.3 is 14.8 Å². The molecule has 0 aliphatic heterocycles. The van der Waals surface area contributed by atoms with Crippen LogP contribution in [0.3, 0.4) is 0 Å². The summed E-state index contributed by atoms with van der Waals surface area (Å²) in [6.45, 7) is 10.8. The molecule has 5 nitrogen and oxygen atoms in total. The Labute approximate surface area is 129 Å². The summed E-state index contributed by atoms with van der Waals surface area (Å²) < 4.78 is 10.4. The van der Waals surface area contributed by atoms with E-state index >= 15 is 0 Å². The molecule has 0 bridgehead atoms. The highest BCUT2D eigenvalue weighted by atomic mass is 16.5. The molecule has 5 heteroatoms. The topological polar surface area (TPSA) is 50.8 Å². The van der Waals surface area contributed by atoms with Crippen molar-refractivity contribution in [3.8, 4) is 0 Å². The van der Waals surface area contributed by atoms with Gasteiger partial charge in [-0.05, 0) is 32.6 Å². The second-order valence-corrected chi connectivity index (χ2v) is 6.19. The van der Waals surface area contributed by atoms with Crippen molar-refractivity contribution in [3.63, 3.8) is 0 Å². The summed E-state index contributed by atoms with van der Waals surface area (Å²) >= 11 is 0. The van der Waals surface area contributed by atoms with E-state index in [1.807, 2.05) is 6.92 Å². The molecule has 1 fully saturated rings. The van der Waals surface area contributed by atoms with Gasteiger partial charge in [0, 0.05) is 32.3 Å². The summed E-state index contributed by atoms with van der Waals surface area (Å²) in [6.07, 6.45) is 2.60. The van der Waals surface area contributed by atoms with E-state index in [0.717, 1.165) is 12.5 Å². The number of rotatable bonds is 11. The van der Waals surface area contributed by atoms with E-state index in [-0.39, 0.29) is 18.1 Å². The van der Waals surface area contributed by atoms with Crippen LogP contribution in [0, 0.1) is 5.92 Å². The zero-order chi connectivity index (χ0) is 15.8. The molecule has 1 aliphatic carbocycles. The predicted octanol–water partition coefficient (Wildman–Crippen LogP) is 1.66. The van der Waals surface area contributed by atoms with E-state index in [1.165, 1.54) is 12.8 Å². The molecular weight excluding hydrogens is 268 g/mol. The second-order valence-electron chi connectivity index (χ2n) is 6.19. The van der Waals surface area contributed by atoms with Gasteiger partial charge in [-0.25, -0.2) is 0 Å². The minimum absolute atomic E-state index is 0.156. The van der Waals surface area contributed by atoms with Crippen LogP contribution in [0.2, 0.25) is 0 Å². The largest absolute Gasteiger partial charge is 0.465 e. The molecule has 2 atom stereocenters. The first-order valence-electron chi connectivity index (χ1n) is 8.15. The van der Waals surface area contributed by atoms with Gasteiger partial charge in [-0.2, -0.15) is 0 Å². The molecule has 0 saturated heterocycles. The van der Waals surface area contributed by atoms with Crippen LogP contribution in [0.4, 0.5) is 0 Å². The smallest absolute Gasteiger partial charge is 0.324 e. The Morgan fingerprint density at radius 3 is 2.48 bits per heavy atom. The molecule has 0 amide bonds. The van der Waals surface area contributed by atoms with Crippen LogP contribution in [0.1, 0.15) is 40.5 Å². The Morgan fingerprint density at radius 2 is 2.00 bits per heavy atom. The van der Waals surface area contributed by atoms with Crippen molar-refractivity contribution in [3.05, 3.63) is 0 Å². The fraction of sp³-hybridized carbons (Fsp3) is 0.938. The van der Waals surface area contributed by atoms with Crippen LogP contribution in [-0.2, 0) is 14.3 Å². The van der Waals surface area contributed by atoms with Crippen molar-refractivity contribution in [1.82, 2.24) is 10.2 Å². The van der Waals surface area contributed by atoms with Gasteiger partial charge in [0.2, 0.25) is 0 Å². The number of ether oxygens (including phenoxy) is 2. The quantitative estimate of drug-likeness (QED) is 0.588. The van der Waals surface area contributed by atoms with Crippen molar-refractivity contribution in [2.75, 3.05) is 33.4 Å². The predicted molar refractivity (Wildman–Crippen MR) is 84.3 cm³/mol. The number of hydrogen-bond donors (Lipinski definition) is 1. The van der Waals surface area contributed by atoms with Crippen molar-refractivity contribution >= 4 is 5.97 Å². The van der Waals surface area contributed by atoms with Gasteiger partial charge in [-0.3, -0.25) is 9.69 Å². The number of methoxy groups -OCH3 is 1. The lowest BCUT2D eigenvalue weighted by atomic mass is 10.1. The summed E-state index contributed by atoms with van der Waals surface area (Å²) in [5, 5.41) is 3.33. The van der Waals surface area contributed by atoms with E-state index in [0.29, 0.717) is 25.8 Å². The summed E-state index contributed by atoms with van der Waals surface area (Å²) in [7, 11) is 1.72. The molecule has 21 heavy (non-hydrogen) atoms. The van der Waals surface area contributed by atoms with Crippen molar-refractivity contribution < 1.29 is 14.3 Å². The summed E-state index contributed by atoms with van der Waals surface area (Å²) in [4.78, 5) is 14.5. The molecule has 1 saturated carbocycles. The Bertz CT molecular complexity index is 306. The second kappa shape index (κ2) is 9.38. The van der Waals surface area contributed by atoms with Crippen LogP contribution in [0.25, 0.3) is 0 Å². The molecule has 2 unspecified atom stereocenters. The highest BCUT2D eigenvalue weighted by molar-refractivity contribution is 5.76. The molecule has 0 aromatic heterocycles. The first-order valence-corrected chi connectivity index (χ1v) is 8.15. The van der Waals surface area contributed by atoms with Crippen LogP contribution in [0.5, 0.6) is 0 Å². The molecule has 0 radical (unpaired) electrons. The van der Waals surface area contributed by atoms with Gasteiger partial charge in [-0.1, -0.05) is 13.8 Å². The van der Waals surface area contributed by atoms with Crippen LogP contribution >= 0.6 is 0 Å². The van der Waals surface area contributed by atoms with E-state index < -0.39 is 0 Å². The highest BCUT2D eigenvalue weighted by Gasteiger charge is 2.34. The number of carbonyl (C=O) groups is 1. The molecule has 1 N–H and O–H groups in total. The van der Waals surface area contributed by atoms with Gasteiger partial charge in [0.1, 0.15) is 6.04 Å². The SMILES string of the molecule is CCOC(=O)C(CN(CCOC)C(C)C1CC1)NC(C)C. The third-order valence-electron chi connectivity index (χ3n) is 3.99. The maximum Gasteiger partial charge on any atom is 0.324 e. The first kappa shape index (κ1) is 18.4. The zero-order valence-electron chi connectivity index (χ0n) is 14.2. The summed E-state index contributed by atoms with van der Waals surface area (Å²) in [5.74, 6) is 0.611. The minimum atomic E-state index is -0.275. The molecule has 0 spiro atoms. The standard InChI is InChI=1S/C16H32N2O3/c1-6-21-16(19)15(17-12(2)3)11-18(9-10-20-5)13(4)14-7-8-14/h12-15,17H,6-11H2,1-5H3. The van der Waals surface area contributed by atoms with E-state index in [2.05, 4.69) is 31.0 Å². The lowest BCUT2D eigenvalue weighted by Crippen LogP contribution is -2.52. The molecule has 0 heterocycles.